The van der Waals surface area contributed by atoms with E-state index in [2.05, 4.69) is 35.2 Å². The highest BCUT2D eigenvalue weighted by Gasteiger charge is 2.38. The van der Waals surface area contributed by atoms with Gasteiger partial charge in [0.05, 0.1) is 4.88 Å². The number of thiophene rings is 1. The Bertz CT molecular complexity index is 1050. The van der Waals surface area contributed by atoms with Crippen LogP contribution in [0, 0.1) is 17.7 Å². The zero-order valence-electron chi connectivity index (χ0n) is 18.9. The van der Waals surface area contributed by atoms with Crippen molar-refractivity contribution in [1.29, 1.82) is 0 Å². The maximum absolute atomic E-state index is 14.0. The van der Waals surface area contributed by atoms with Crippen LogP contribution in [0.5, 0.6) is 0 Å². The number of carbonyl (C=O) groups excluding carboxylic acids is 1. The van der Waals surface area contributed by atoms with Gasteiger partial charge in [0.1, 0.15) is 5.82 Å². The SMILES string of the molecule is O=C(c1cccs1)N1C[C@H](CN2CCC(Cc3ccccc3)CC2)[C@H](c2cccc(F)c2)C1. The molecule has 5 heteroatoms. The highest BCUT2D eigenvalue weighted by atomic mass is 32.1. The van der Waals surface area contributed by atoms with Gasteiger partial charge in [0.15, 0.2) is 0 Å². The lowest BCUT2D eigenvalue weighted by Crippen LogP contribution is -2.39. The van der Waals surface area contributed by atoms with Gasteiger partial charge in [0, 0.05) is 25.6 Å². The van der Waals surface area contributed by atoms with Crippen molar-refractivity contribution in [3.63, 3.8) is 0 Å². The van der Waals surface area contributed by atoms with Crippen LogP contribution in [-0.2, 0) is 6.42 Å². The molecule has 0 radical (unpaired) electrons. The van der Waals surface area contributed by atoms with Crippen molar-refractivity contribution in [1.82, 2.24) is 9.80 Å². The molecule has 0 aliphatic carbocycles. The Hall–Kier alpha value is -2.50. The molecule has 0 N–H and O–H groups in total. The largest absolute Gasteiger partial charge is 0.337 e. The Balaban J connectivity index is 1.24. The van der Waals surface area contributed by atoms with Crippen LogP contribution in [0.1, 0.15) is 39.6 Å². The van der Waals surface area contributed by atoms with E-state index in [1.54, 1.807) is 12.1 Å². The summed E-state index contributed by atoms with van der Waals surface area (Å²) in [7, 11) is 0. The molecule has 2 saturated heterocycles. The highest BCUT2D eigenvalue weighted by molar-refractivity contribution is 7.12. The van der Waals surface area contributed by atoms with E-state index < -0.39 is 0 Å². The fourth-order valence-electron chi connectivity index (χ4n) is 5.55. The summed E-state index contributed by atoms with van der Waals surface area (Å²) in [5.74, 6) is 1.14. The molecule has 5 rings (SSSR count). The summed E-state index contributed by atoms with van der Waals surface area (Å²) in [5.41, 5.74) is 2.45. The van der Waals surface area contributed by atoms with Crippen molar-refractivity contribution < 1.29 is 9.18 Å². The van der Waals surface area contributed by atoms with Gasteiger partial charge in [-0.1, -0.05) is 48.5 Å². The van der Waals surface area contributed by atoms with Crippen molar-refractivity contribution in [2.75, 3.05) is 32.7 Å². The van der Waals surface area contributed by atoms with Crippen molar-refractivity contribution in [2.45, 2.75) is 25.2 Å². The third-order valence-corrected chi connectivity index (χ3v) is 8.16. The van der Waals surface area contributed by atoms with E-state index >= 15 is 0 Å². The van der Waals surface area contributed by atoms with Crippen LogP contribution in [-0.4, -0.2) is 48.4 Å². The summed E-state index contributed by atoms with van der Waals surface area (Å²) >= 11 is 1.49. The predicted octanol–water partition coefficient (Wildman–Crippen LogP) is 5.70. The molecular weight excluding hydrogens is 431 g/mol. The van der Waals surface area contributed by atoms with Crippen LogP contribution in [0.2, 0.25) is 0 Å². The number of halogens is 1. The molecule has 0 bridgehead atoms. The molecule has 1 aromatic heterocycles. The topological polar surface area (TPSA) is 23.6 Å². The summed E-state index contributed by atoms with van der Waals surface area (Å²) in [5, 5.41) is 1.95. The summed E-state index contributed by atoms with van der Waals surface area (Å²) in [6.45, 7) is 4.57. The fourth-order valence-corrected chi connectivity index (χ4v) is 6.24. The number of hydrogen-bond acceptors (Lipinski definition) is 3. The number of likely N-dealkylation sites (tertiary alicyclic amines) is 2. The molecule has 2 fully saturated rings. The number of hydrogen-bond donors (Lipinski definition) is 0. The number of carbonyl (C=O) groups is 1. The molecular formula is C28H31FN2OS. The second-order valence-electron chi connectivity index (χ2n) is 9.54. The van der Waals surface area contributed by atoms with Gasteiger partial charge < -0.3 is 9.80 Å². The second kappa shape index (κ2) is 10.2. The maximum Gasteiger partial charge on any atom is 0.263 e. The summed E-state index contributed by atoms with van der Waals surface area (Å²) in [6, 6.07) is 21.6. The number of amides is 1. The Labute approximate surface area is 199 Å². The van der Waals surface area contributed by atoms with Crippen LogP contribution in [0.25, 0.3) is 0 Å². The van der Waals surface area contributed by atoms with Gasteiger partial charge in [-0.15, -0.1) is 11.3 Å². The van der Waals surface area contributed by atoms with Crippen LogP contribution in [0.3, 0.4) is 0 Å². The Morgan fingerprint density at radius 2 is 1.79 bits per heavy atom. The lowest BCUT2D eigenvalue weighted by Gasteiger charge is -2.34. The molecule has 2 aromatic carbocycles. The minimum absolute atomic E-state index is 0.107. The first-order valence-corrected chi connectivity index (χ1v) is 12.9. The molecule has 3 heterocycles. The standard InChI is InChI=1S/C28H31FN2OS/c29-25-9-4-8-23(17-25)26-20-31(28(32)27-10-5-15-33-27)19-24(26)18-30-13-11-22(12-14-30)16-21-6-2-1-3-7-21/h1-10,15,17,22,24,26H,11-14,16,18-20H2/t24-,26-/m0/s1. The summed E-state index contributed by atoms with van der Waals surface area (Å²) in [6.07, 6.45) is 3.58. The zero-order valence-corrected chi connectivity index (χ0v) is 19.7. The molecule has 3 nitrogen and oxygen atoms in total. The minimum Gasteiger partial charge on any atom is -0.337 e. The van der Waals surface area contributed by atoms with Gasteiger partial charge in [-0.05, 0) is 78.9 Å². The van der Waals surface area contributed by atoms with Gasteiger partial charge >= 0.3 is 0 Å². The summed E-state index contributed by atoms with van der Waals surface area (Å²) in [4.78, 5) is 18.4. The van der Waals surface area contributed by atoms with Crippen LogP contribution < -0.4 is 0 Å². The lowest BCUT2D eigenvalue weighted by atomic mass is 9.86. The number of piperidine rings is 1. The van der Waals surface area contributed by atoms with Crippen LogP contribution in [0.4, 0.5) is 4.39 Å². The molecule has 33 heavy (non-hydrogen) atoms. The molecule has 2 aliphatic rings. The van der Waals surface area contributed by atoms with Crippen molar-refractivity contribution in [2.24, 2.45) is 11.8 Å². The monoisotopic (exact) mass is 462 g/mol. The van der Waals surface area contributed by atoms with Gasteiger partial charge in [-0.25, -0.2) is 4.39 Å². The third kappa shape index (κ3) is 5.36. The first-order valence-electron chi connectivity index (χ1n) is 12.0. The van der Waals surface area contributed by atoms with E-state index in [1.165, 1.54) is 35.8 Å². The Morgan fingerprint density at radius 1 is 0.970 bits per heavy atom. The average molecular weight is 463 g/mol. The van der Waals surface area contributed by atoms with Gasteiger partial charge in [0.25, 0.3) is 5.91 Å². The molecule has 0 spiro atoms. The van der Waals surface area contributed by atoms with E-state index in [0.29, 0.717) is 12.5 Å². The lowest BCUT2D eigenvalue weighted by molar-refractivity contribution is 0.0785. The second-order valence-corrected chi connectivity index (χ2v) is 10.5. The van der Waals surface area contributed by atoms with E-state index in [1.807, 2.05) is 28.5 Å². The smallest absolute Gasteiger partial charge is 0.263 e. The van der Waals surface area contributed by atoms with Crippen molar-refractivity contribution in [3.8, 4) is 0 Å². The molecule has 172 valence electrons. The first kappa shape index (κ1) is 22.3. The predicted molar refractivity (Wildman–Crippen MR) is 132 cm³/mol. The highest BCUT2D eigenvalue weighted by Crippen LogP contribution is 2.35. The van der Waals surface area contributed by atoms with E-state index in [9.17, 15) is 9.18 Å². The fraction of sp³-hybridized carbons (Fsp3) is 0.393. The van der Waals surface area contributed by atoms with E-state index in [4.69, 9.17) is 0 Å². The molecule has 0 unspecified atom stereocenters. The molecule has 3 aromatic rings. The molecule has 0 saturated carbocycles. The molecule has 2 aliphatic heterocycles. The van der Waals surface area contributed by atoms with E-state index in [0.717, 1.165) is 49.0 Å². The number of rotatable bonds is 6. The van der Waals surface area contributed by atoms with Crippen LogP contribution >= 0.6 is 11.3 Å². The van der Waals surface area contributed by atoms with Gasteiger partial charge in [-0.3, -0.25) is 4.79 Å². The quantitative estimate of drug-likeness (QED) is 0.469. The normalized spacial score (nSPS) is 22.0. The Morgan fingerprint density at radius 3 is 2.52 bits per heavy atom. The van der Waals surface area contributed by atoms with Gasteiger partial charge in [-0.2, -0.15) is 0 Å². The van der Waals surface area contributed by atoms with Gasteiger partial charge in [0.2, 0.25) is 0 Å². The Kier molecular flexibility index (Phi) is 6.88. The van der Waals surface area contributed by atoms with Crippen LogP contribution in [0.15, 0.2) is 72.1 Å². The molecule has 1 amide bonds. The maximum atomic E-state index is 14.0. The average Bonchev–Trinajstić information content (AvgIpc) is 3.51. The van der Waals surface area contributed by atoms with E-state index in [-0.39, 0.29) is 17.6 Å². The van der Waals surface area contributed by atoms with Crippen molar-refractivity contribution >= 4 is 17.2 Å². The van der Waals surface area contributed by atoms with Crippen molar-refractivity contribution in [3.05, 3.63) is 93.9 Å². The third-order valence-electron chi connectivity index (χ3n) is 7.30. The zero-order chi connectivity index (χ0) is 22.6. The number of benzene rings is 2. The first-order chi connectivity index (χ1) is 16.2. The molecule has 2 atom stereocenters. The minimum atomic E-state index is -0.198. The summed E-state index contributed by atoms with van der Waals surface area (Å²) < 4.78 is 14.0. The number of nitrogens with zero attached hydrogens (tertiary/aromatic N) is 2.